The van der Waals surface area contributed by atoms with Crippen molar-refractivity contribution in [3.05, 3.63) is 12.2 Å². The molecule has 1 saturated heterocycles. The van der Waals surface area contributed by atoms with Crippen molar-refractivity contribution in [1.82, 2.24) is 25.6 Å². The lowest BCUT2D eigenvalue weighted by atomic mass is 9.99. The molecule has 11 heteroatoms. The fourth-order valence-corrected chi connectivity index (χ4v) is 5.84. The van der Waals surface area contributed by atoms with E-state index in [1.807, 2.05) is 26.8 Å². The van der Waals surface area contributed by atoms with E-state index < -0.39 is 30.1 Å². The van der Waals surface area contributed by atoms with E-state index in [1.54, 1.807) is 4.90 Å². The van der Waals surface area contributed by atoms with Crippen molar-refractivity contribution in [2.24, 2.45) is 11.8 Å². The summed E-state index contributed by atoms with van der Waals surface area (Å²) in [4.78, 5) is 66.7. The minimum absolute atomic E-state index is 0.161. The van der Waals surface area contributed by atoms with Gasteiger partial charge in [0.25, 0.3) is 5.91 Å². The van der Waals surface area contributed by atoms with Crippen molar-refractivity contribution in [2.75, 3.05) is 6.54 Å². The minimum atomic E-state index is -0.797. The highest BCUT2D eigenvalue weighted by Gasteiger charge is 2.40. The topological polar surface area (TPSA) is 137 Å². The maximum atomic E-state index is 13.8. The van der Waals surface area contributed by atoms with Crippen LogP contribution in [0.3, 0.4) is 0 Å². The van der Waals surface area contributed by atoms with E-state index in [0.29, 0.717) is 31.1 Å². The smallest absolute Gasteiger partial charge is 0.252 e. The maximum Gasteiger partial charge on any atom is 0.252 e. The van der Waals surface area contributed by atoms with Crippen molar-refractivity contribution in [3.63, 3.8) is 0 Å². The molecule has 0 aromatic carbocycles. The Morgan fingerprint density at radius 1 is 1.05 bits per heavy atom. The highest BCUT2D eigenvalue weighted by molar-refractivity contribution is 7.98. The number of nitrogens with zero attached hydrogens (tertiary/aromatic N) is 1. The third-order valence-electron chi connectivity index (χ3n) is 7.52. The van der Waals surface area contributed by atoms with E-state index in [0.717, 1.165) is 38.5 Å². The number of hydrogen-bond acceptors (Lipinski definition) is 6. The van der Waals surface area contributed by atoms with Crippen LogP contribution in [0, 0.1) is 11.8 Å². The van der Waals surface area contributed by atoms with Gasteiger partial charge in [0, 0.05) is 24.6 Å². The first-order valence-electron chi connectivity index (χ1n) is 14.4. The number of fused-ring (bicyclic) bond motifs is 1. The van der Waals surface area contributed by atoms with Gasteiger partial charge >= 0.3 is 0 Å². The average Bonchev–Trinajstić information content (AvgIpc) is 3.59. The second kappa shape index (κ2) is 14.7. The summed E-state index contributed by atoms with van der Waals surface area (Å²) < 4.78 is 2.91. The molecule has 10 nitrogen and oxygen atoms in total. The number of nitrogens with one attached hydrogen (secondary N) is 4. The summed E-state index contributed by atoms with van der Waals surface area (Å²) >= 11 is 1.41. The Morgan fingerprint density at radius 2 is 1.79 bits per heavy atom. The fraction of sp³-hybridized carbons (Fsp3) is 0.750. The van der Waals surface area contributed by atoms with Gasteiger partial charge in [0.15, 0.2) is 0 Å². The number of rotatable bonds is 7. The molecule has 218 valence electrons. The average molecular weight is 564 g/mol. The van der Waals surface area contributed by atoms with Gasteiger partial charge < -0.3 is 20.9 Å². The predicted molar refractivity (Wildman–Crippen MR) is 151 cm³/mol. The van der Waals surface area contributed by atoms with Gasteiger partial charge in [-0.3, -0.25) is 28.7 Å². The molecule has 0 aromatic rings. The summed E-state index contributed by atoms with van der Waals surface area (Å²) in [6.07, 6.45) is 11.1. The molecule has 5 amide bonds. The molecule has 2 aliphatic heterocycles. The van der Waals surface area contributed by atoms with E-state index in [4.69, 9.17) is 0 Å². The number of carbonyl (C=O) groups is 5. The van der Waals surface area contributed by atoms with Crippen LogP contribution >= 0.6 is 11.9 Å². The Bertz CT molecular complexity index is 937. The van der Waals surface area contributed by atoms with Crippen LogP contribution in [-0.2, 0) is 24.0 Å². The van der Waals surface area contributed by atoms with E-state index in [-0.39, 0.29) is 35.5 Å². The second-order valence-electron chi connectivity index (χ2n) is 11.4. The third kappa shape index (κ3) is 9.25. The van der Waals surface area contributed by atoms with Gasteiger partial charge in [-0.1, -0.05) is 45.8 Å². The molecule has 3 unspecified atom stereocenters. The van der Waals surface area contributed by atoms with Crippen LogP contribution in [0.15, 0.2) is 12.2 Å². The van der Waals surface area contributed by atoms with Crippen LogP contribution in [-0.4, -0.2) is 70.4 Å². The lowest BCUT2D eigenvalue weighted by molar-refractivity contribution is -0.142. The zero-order valence-corrected chi connectivity index (χ0v) is 24.5. The van der Waals surface area contributed by atoms with E-state index >= 15 is 0 Å². The SMILES string of the molecule is CC(=O)NC(C(=O)N[C@H]1CCCCC/C=C\[C@H](C)C(C(=O)NSC2CC2)NC(=O)C2CCCN2C1=O)C(C)C. The van der Waals surface area contributed by atoms with Gasteiger partial charge in [-0.2, -0.15) is 0 Å². The molecule has 1 aliphatic carbocycles. The summed E-state index contributed by atoms with van der Waals surface area (Å²) in [6, 6.07) is -3.01. The Labute approximate surface area is 236 Å². The van der Waals surface area contributed by atoms with Gasteiger partial charge in [0.05, 0.1) is 0 Å². The summed E-state index contributed by atoms with van der Waals surface area (Å²) in [6.45, 7) is 7.36. The van der Waals surface area contributed by atoms with Crippen LogP contribution in [0.2, 0.25) is 0 Å². The van der Waals surface area contributed by atoms with Gasteiger partial charge in [0.1, 0.15) is 24.2 Å². The van der Waals surface area contributed by atoms with E-state index in [1.165, 1.54) is 18.9 Å². The van der Waals surface area contributed by atoms with Gasteiger partial charge in [-0.15, -0.1) is 0 Å². The Hall–Kier alpha value is -2.56. The van der Waals surface area contributed by atoms with Crippen molar-refractivity contribution >= 4 is 41.5 Å². The summed E-state index contributed by atoms with van der Waals surface area (Å²) in [7, 11) is 0. The second-order valence-corrected chi connectivity index (χ2v) is 12.5. The molecule has 0 spiro atoms. The normalized spacial score (nSPS) is 28.4. The Kier molecular flexibility index (Phi) is 11.7. The molecule has 39 heavy (non-hydrogen) atoms. The van der Waals surface area contributed by atoms with Crippen molar-refractivity contribution in [1.29, 1.82) is 0 Å². The van der Waals surface area contributed by atoms with Crippen molar-refractivity contribution < 1.29 is 24.0 Å². The van der Waals surface area contributed by atoms with Crippen LogP contribution in [0.5, 0.6) is 0 Å². The Balaban J connectivity index is 1.79. The summed E-state index contributed by atoms with van der Waals surface area (Å²) in [5.41, 5.74) is 0. The monoisotopic (exact) mass is 563 g/mol. The lowest BCUT2D eigenvalue weighted by Gasteiger charge is -2.31. The molecule has 0 aromatic heterocycles. The van der Waals surface area contributed by atoms with Crippen LogP contribution in [0.4, 0.5) is 0 Å². The van der Waals surface area contributed by atoms with Crippen LogP contribution < -0.4 is 20.7 Å². The molecule has 4 N–H and O–H groups in total. The third-order valence-corrected chi connectivity index (χ3v) is 8.64. The highest BCUT2D eigenvalue weighted by Crippen LogP contribution is 2.32. The van der Waals surface area contributed by atoms with Crippen LogP contribution in [0.1, 0.15) is 85.5 Å². The molecule has 5 atom stereocenters. The zero-order valence-electron chi connectivity index (χ0n) is 23.7. The molecule has 2 fully saturated rings. The number of amides is 5. The lowest BCUT2D eigenvalue weighted by Crippen LogP contribution is -2.58. The molecule has 1 saturated carbocycles. The quantitative estimate of drug-likeness (QED) is 0.277. The maximum absolute atomic E-state index is 13.8. The number of carbonyl (C=O) groups excluding carboxylic acids is 5. The standard InChI is InChI=1S/C28H45N5O5S/c1-17(2)23(29-19(4)34)26(36)30-21-12-9-7-5-6-8-11-18(3)24(27(37)32-39-20-14-15-20)31-25(35)22-13-10-16-33(22)28(21)38/h8,11,17-18,20-24H,5-7,9-10,12-16H2,1-4H3,(H,29,34)(H,30,36)(H,31,35)(H,32,37)/b11-8-/t18-,21-,22?,23?,24?/m0/s1. The van der Waals surface area contributed by atoms with Gasteiger partial charge in [-0.25, -0.2) is 0 Å². The van der Waals surface area contributed by atoms with E-state index in [2.05, 4.69) is 26.7 Å². The molecule has 3 rings (SSSR count). The van der Waals surface area contributed by atoms with Crippen molar-refractivity contribution in [2.45, 2.75) is 115 Å². The molecule has 3 aliphatic rings. The fourth-order valence-electron chi connectivity index (χ4n) is 5.06. The molecular weight excluding hydrogens is 518 g/mol. The molecule has 2 heterocycles. The van der Waals surface area contributed by atoms with E-state index in [9.17, 15) is 24.0 Å². The Morgan fingerprint density at radius 3 is 2.46 bits per heavy atom. The number of hydrogen-bond donors (Lipinski definition) is 4. The summed E-state index contributed by atoms with van der Waals surface area (Å²) in [5, 5.41) is 8.94. The zero-order chi connectivity index (χ0) is 28.5. The first-order valence-corrected chi connectivity index (χ1v) is 15.3. The largest absolute Gasteiger partial charge is 0.344 e. The van der Waals surface area contributed by atoms with Gasteiger partial charge in [0.2, 0.25) is 23.6 Å². The minimum Gasteiger partial charge on any atom is -0.344 e. The van der Waals surface area contributed by atoms with Gasteiger partial charge in [-0.05, 0) is 62.8 Å². The molecule has 0 radical (unpaired) electrons. The molecule has 0 bridgehead atoms. The first kappa shape index (κ1) is 31.0. The summed E-state index contributed by atoms with van der Waals surface area (Å²) in [5.74, 6) is -1.97. The van der Waals surface area contributed by atoms with Crippen LogP contribution in [0.25, 0.3) is 0 Å². The first-order chi connectivity index (χ1) is 18.6. The predicted octanol–water partition coefficient (Wildman–Crippen LogP) is 2.19. The number of allylic oxidation sites excluding steroid dienone is 1. The van der Waals surface area contributed by atoms with Crippen molar-refractivity contribution in [3.8, 4) is 0 Å². The molecular formula is C28H45N5O5S. The highest BCUT2D eigenvalue weighted by atomic mass is 32.2.